The maximum Gasteiger partial charge on any atom is 0.130 e. The predicted molar refractivity (Wildman–Crippen MR) is 219 cm³/mol. The van der Waals surface area contributed by atoms with E-state index in [9.17, 15) is 0 Å². The van der Waals surface area contributed by atoms with E-state index in [-0.39, 0.29) is 5.41 Å². The summed E-state index contributed by atoms with van der Waals surface area (Å²) in [5, 5.41) is 0. The summed E-state index contributed by atoms with van der Waals surface area (Å²) in [6.45, 7) is 22.6. The van der Waals surface area contributed by atoms with Gasteiger partial charge in [0.1, 0.15) is 5.75 Å². The predicted octanol–water partition coefficient (Wildman–Crippen LogP) is 12.2. The van der Waals surface area contributed by atoms with Crippen LogP contribution in [0.2, 0.25) is 17.6 Å². The number of rotatable bonds is 5. The number of benzene rings is 3. The van der Waals surface area contributed by atoms with Crippen LogP contribution in [0.3, 0.4) is 0 Å². The molecule has 0 spiro atoms. The van der Waals surface area contributed by atoms with Crippen LogP contribution in [0.1, 0.15) is 155 Å². The van der Waals surface area contributed by atoms with Crippen LogP contribution in [-0.4, -0.2) is 28.3 Å². The van der Waals surface area contributed by atoms with Crippen molar-refractivity contribution in [3.8, 4) is 16.9 Å². The van der Waals surface area contributed by atoms with Gasteiger partial charge < -0.3 is 9.64 Å². The lowest BCUT2D eigenvalue weighted by Crippen LogP contribution is -2.55. The van der Waals surface area contributed by atoms with Gasteiger partial charge in [-0.15, -0.1) is 0 Å². The standard InChI is InChI=1S/C48H65NOSi/c1-29-37-24-31-14-10-15-32(31)25-38(37)30(2)45(29)51(20-13-21-51)46-36(28-47(3,4)5)26-39-40(46)27-41(48(6,7)8)44(50-9)42(39)35-22-33-16-11-18-49-19-12-17-34(23-35)43(33)49/h22-25,27,29-30,36,45-46H,10-21,26,28H2,1-9H3. The Morgan fingerprint density at radius 3 is 1.82 bits per heavy atom. The normalized spacial score (nSPS) is 27.5. The first kappa shape index (κ1) is 34.3. The second kappa shape index (κ2) is 12.0. The van der Waals surface area contributed by atoms with Crippen molar-refractivity contribution in [3.63, 3.8) is 0 Å². The second-order valence-corrected chi connectivity index (χ2v) is 25.2. The summed E-state index contributed by atoms with van der Waals surface area (Å²) in [5.41, 5.74) is 21.3. The third kappa shape index (κ3) is 5.27. The van der Waals surface area contributed by atoms with Crippen molar-refractivity contribution in [1.82, 2.24) is 0 Å². The number of aryl methyl sites for hydroxylation is 4. The van der Waals surface area contributed by atoms with E-state index in [1.807, 2.05) is 7.11 Å². The molecule has 1 saturated heterocycles. The minimum Gasteiger partial charge on any atom is -0.496 e. The zero-order chi connectivity index (χ0) is 35.6. The maximum atomic E-state index is 6.65. The highest BCUT2D eigenvalue weighted by Gasteiger charge is 2.61. The Hall–Kier alpha value is -2.52. The van der Waals surface area contributed by atoms with E-state index in [0.29, 0.717) is 23.2 Å². The van der Waals surface area contributed by atoms with Crippen molar-refractivity contribution in [2.45, 2.75) is 160 Å². The van der Waals surface area contributed by atoms with Gasteiger partial charge >= 0.3 is 0 Å². The van der Waals surface area contributed by atoms with Gasteiger partial charge in [0.2, 0.25) is 0 Å². The molecule has 4 unspecified atom stereocenters. The van der Waals surface area contributed by atoms with Crippen LogP contribution in [0.25, 0.3) is 11.1 Å². The SMILES string of the molecule is COc1c(C(C)(C)C)cc2c(c1-c1cc3c4c(c1)CCCN4CCC3)CC(CC(C)(C)C)C2[Si]1(C2C(C)c3cc4c(cc3C2C)CCC4)CCC1. The molecular formula is C48H65NOSi. The molecule has 3 aliphatic heterocycles. The molecule has 6 aliphatic rings. The van der Waals surface area contributed by atoms with Crippen LogP contribution in [-0.2, 0) is 37.5 Å². The summed E-state index contributed by atoms with van der Waals surface area (Å²) in [7, 11) is 0.197. The largest absolute Gasteiger partial charge is 0.496 e. The summed E-state index contributed by atoms with van der Waals surface area (Å²) in [4.78, 5) is 2.70. The van der Waals surface area contributed by atoms with Crippen LogP contribution < -0.4 is 9.64 Å². The molecule has 3 aromatic rings. The molecule has 0 N–H and O–H groups in total. The lowest BCUT2D eigenvalue weighted by molar-refractivity contribution is 0.289. The van der Waals surface area contributed by atoms with Crippen molar-refractivity contribution < 1.29 is 4.74 Å². The van der Waals surface area contributed by atoms with Gasteiger partial charge in [-0.3, -0.25) is 0 Å². The smallest absolute Gasteiger partial charge is 0.130 e. The molecule has 0 aromatic heterocycles. The zero-order valence-electron chi connectivity index (χ0n) is 33.5. The summed E-state index contributed by atoms with van der Waals surface area (Å²) < 4.78 is 6.65. The fraction of sp³-hybridized carbons (Fsp3) is 0.625. The number of fused-ring (bicyclic) bond motifs is 3. The first-order valence-electron chi connectivity index (χ1n) is 21.1. The number of hydrogen-bond donors (Lipinski definition) is 0. The Bertz CT molecular complexity index is 1820. The van der Waals surface area contributed by atoms with Crippen LogP contribution in [0.5, 0.6) is 5.75 Å². The van der Waals surface area contributed by atoms with Crippen LogP contribution in [0, 0.1) is 11.3 Å². The molecule has 3 heteroatoms. The summed E-state index contributed by atoms with van der Waals surface area (Å²) in [5.74, 6) is 3.25. The Labute approximate surface area is 311 Å². The topological polar surface area (TPSA) is 12.5 Å². The van der Waals surface area contributed by atoms with E-state index in [2.05, 4.69) is 90.6 Å². The number of methoxy groups -OCH3 is 1. The molecular weight excluding hydrogens is 635 g/mol. The van der Waals surface area contributed by atoms with Crippen molar-refractivity contribution in [2.75, 3.05) is 25.1 Å². The first-order valence-corrected chi connectivity index (χ1v) is 23.7. The first-order chi connectivity index (χ1) is 24.3. The summed E-state index contributed by atoms with van der Waals surface area (Å²) in [6, 6.07) is 16.5. The Balaban J connectivity index is 1.25. The molecule has 0 saturated carbocycles. The van der Waals surface area contributed by atoms with Crippen LogP contribution in [0.4, 0.5) is 5.69 Å². The molecule has 3 aromatic carbocycles. The van der Waals surface area contributed by atoms with Crippen LogP contribution >= 0.6 is 0 Å². The molecule has 0 radical (unpaired) electrons. The number of anilines is 1. The van der Waals surface area contributed by atoms with E-state index in [0.717, 1.165) is 11.1 Å². The van der Waals surface area contributed by atoms with Gasteiger partial charge in [-0.2, -0.15) is 0 Å². The lowest BCUT2D eigenvalue weighted by atomic mass is 9.80. The highest BCUT2D eigenvalue weighted by Crippen LogP contribution is 2.68. The summed E-state index contributed by atoms with van der Waals surface area (Å²) >= 11 is 0. The average Bonchev–Trinajstić information content (AvgIpc) is 3.73. The second-order valence-electron chi connectivity index (χ2n) is 20.5. The van der Waals surface area contributed by atoms with Crippen molar-refractivity contribution >= 4 is 13.8 Å². The van der Waals surface area contributed by atoms with Gasteiger partial charge in [0, 0.05) is 29.9 Å². The van der Waals surface area contributed by atoms with Crippen molar-refractivity contribution in [2.24, 2.45) is 11.3 Å². The summed E-state index contributed by atoms with van der Waals surface area (Å²) in [6.07, 6.45) is 12.9. The Kier molecular flexibility index (Phi) is 8.06. The fourth-order valence-electron chi connectivity index (χ4n) is 13.3. The van der Waals surface area contributed by atoms with Gasteiger partial charge in [-0.05, 0) is 160 Å². The third-order valence-corrected chi connectivity index (χ3v) is 22.0. The molecule has 0 amide bonds. The van der Waals surface area contributed by atoms with Crippen molar-refractivity contribution in [1.29, 1.82) is 0 Å². The molecule has 9 rings (SSSR count). The maximum absolute atomic E-state index is 6.65. The third-order valence-electron chi connectivity index (χ3n) is 15.1. The van der Waals surface area contributed by atoms with Gasteiger partial charge in [-0.1, -0.05) is 92.1 Å². The molecule has 272 valence electrons. The molecule has 2 nitrogen and oxygen atoms in total. The molecule has 4 atom stereocenters. The fourth-order valence-corrected chi connectivity index (χ4v) is 20.6. The molecule has 1 fully saturated rings. The minimum atomic E-state index is -1.76. The number of hydrogen-bond acceptors (Lipinski definition) is 2. The Morgan fingerprint density at radius 2 is 1.31 bits per heavy atom. The van der Waals surface area contributed by atoms with E-state index in [1.165, 1.54) is 112 Å². The molecule has 0 bridgehead atoms. The number of nitrogens with zero attached hydrogens (tertiary/aromatic N) is 1. The van der Waals surface area contributed by atoms with Crippen LogP contribution in [0.15, 0.2) is 30.3 Å². The number of ether oxygens (including phenoxy) is 1. The average molecular weight is 700 g/mol. The monoisotopic (exact) mass is 699 g/mol. The lowest BCUT2D eigenvalue weighted by Gasteiger charge is -2.54. The van der Waals surface area contributed by atoms with Gasteiger partial charge in [0.15, 0.2) is 0 Å². The molecule has 3 heterocycles. The Morgan fingerprint density at radius 1 is 0.725 bits per heavy atom. The van der Waals surface area contributed by atoms with E-state index in [1.54, 1.807) is 50.2 Å². The zero-order valence-corrected chi connectivity index (χ0v) is 34.5. The molecule has 3 aliphatic carbocycles. The highest BCUT2D eigenvalue weighted by atomic mass is 28.3. The van der Waals surface area contributed by atoms with E-state index < -0.39 is 8.07 Å². The van der Waals surface area contributed by atoms with Gasteiger partial charge in [-0.25, -0.2) is 0 Å². The van der Waals surface area contributed by atoms with Gasteiger partial charge in [0.25, 0.3) is 0 Å². The quantitative estimate of drug-likeness (QED) is 0.246. The highest BCUT2D eigenvalue weighted by molar-refractivity contribution is 6.85. The van der Waals surface area contributed by atoms with E-state index >= 15 is 0 Å². The van der Waals surface area contributed by atoms with E-state index in [4.69, 9.17) is 4.74 Å². The molecule has 51 heavy (non-hydrogen) atoms. The minimum absolute atomic E-state index is 0.000133. The van der Waals surface area contributed by atoms with Gasteiger partial charge in [0.05, 0.1) is 15.2 Å². The van der Waals surface area contributed by atoms with Crippen molar-refractivity contribution in [3.05, 3.63) is 80.4 Å².